The molecule has 0 heterocycles. The fourth-order valence-corrected chi connectivity index (χ4v) is 5.53. The van der Waals surface area contributed by atoms with Crippen LogP contribution in [0.3, 0.4) is 0 Å². The summed E-state index contributed by atoms with van der Waals surface area (Å²) in [6.45, 7) is -0.00996. The first-order valence-corrected chi connectivity index (χ1v) is 13.3. The van der Waals surface area contributed by atoms with Crippen LogP contribution in [0.1, 0.15) is 31.2 Å². The maximum Gasteiger partial charge on any atom is 0.247 e. The van der Waals surface area contributed by atoms with Crippen molar-refractivity contribution in [3.63, 3.8) is 0 Å². The van der Waals surface area contributed by atoms with Gasteiger partial charge in [-0.05, 0) is 55.5 Å². The zero-order chi connectivity index (χ0) is 26.7. The Labute approximate surface area is 222 Å². The molecule has 200 valence electrons. The third kappa shape index (κ3) is 8.31. The van der Waals surface area contributed by atoms with Crippen molar-refractivity contribution in [2.75, 3.05) is 39.0 Å². The van der Waals surface area contributed by atoms with Gasteiger partial charge in [0.2, 0.25) is 16.9 Å². The van der Waals surface area contributed by atoms with Crippen LogP contribution < -0.4 is 15.4 Å². The highest BCUT2D eigenvalue weighted by atomic mass is 32.2. The van der Waals surface area contributed by atoms with Gasteiger partial charge in [-0.3, -0.25) is 14.4 Å². The fraction of sp³-hybridized carbons (Fsp3) is 0.464. The van der Waals surface area contributed by atoms with Crippen molar-refractivity contribution in [2.24, 2.45) is 5.41 Å². The SMILES string of the molecule is COCC(=O)SC[C@]1(C(=O)N[C@@H](Cc2ccccc2)C(=O)Nc2ccc(OC)cc2)CC[C@@H](OC)CC1. The molecule has 0 saturated heterocycles. The second-order valence-corrected chi connectivity index (χ2v) is 10.3. The van der Waals surface area contributed by atoms with Gasteiger partial charge in [0.15, 0.2) is 0 Å². The lowest BCUT2D eigenvalue weighted by Gasteiger charge is -2.39. The van der Waals surface area contributed by atoms with Gasteiger partial charge in [0.1, 0.15) is 18.4 Å². The highest BCUT2D eigenvalue weighted by Crippen LogP contribution is 2.40. The number of hydrogen-bond donors (Lipinski definition) is 2. The zero-order valence-corrected chi connectivity index (χ0v) is 22.5. The van der Waals surface area contributed by atoms with E-state index in [0.29, 0.717) is 49.3 Å². The molecule has 3 rings (SSSR count). The Balaban J connectivity index is 1.79. The van der Waals surface area contributed by atoms with Crippen LogP contribution in [0.25, 0.3) is 0 Å². The summed E-state index contributed by atoms with van der Waals surface area (Å²) in [4.78, 5) is 39.4. The van der Waals surface area contributed by atoms with Gasteiger partial charge in [0, 0.05) is 32.1 Å². The van der Waals surface area contributed by atoms with Gasteiger partial charge in [-0.2, -0.15) is 0 Å². The second kappa shape index (κ2) is 14.2. The molecular formula is C28H36N2O6S. The van der Waals surface area contributed by atoms with Crippen LogP contribution >= 0.6 is 11.8 Å². The van der Waals surface area contributed by atoms with E-state index in [1.165, 1.54) is 7.11 Å². The molecule has 0 aromatic heterocycles. The molecule has 0 aliphatic heterocycles. The molecule has 0 unspecified atom stereocenters. The summed E-state index contributed by atoms with van der Waals surface area (Å²) in [5, 5.41) is 5.82. The minimum Gasteiger partial charge on any atom is -0.497 e. The number of benzene rings is 2. The molecule has 37 heavy (non-hydrogen) atoms. The molecule has 2 amide bonds. The second-order valence-electron chi connectivity index (χ2n) is 9.24. The van der Waals surface area contributed by atoms with Crippen LogP contribution in [0.2, 0.25) is 0 Å². The molecule has 2 aromatic rings. The number of hydrogen-bond acceptors (Lipinski definition) is 7. The molecule has 2 N–H and O–H groups in total. The van der Waals surface area contributed by atoms with Crippen molar-refractivity contribution in [3.8, 4) is 5.75 Å². The van der Waals surface area contributed by atoms with Gasteiger partial charge >= 0.3 is 0 Å². The van der Waals surface area contributed by atoms with E-state index in [1.54, 1.807) is 38.5 Å². The van der Waals surface area contributed by atoms with Gasteiger partial charge in [-0.1, -0.05) is 42.1 Å². The largest absolute Gasteiger partial charge is 0.497 e. The number of thioether (sulfide) groups is 1. The van der Waals surface area contributed by atoms with Crippen molar-refractivity contribution >= 4 is 34.4 Å². The van der Waals surface area contributed by atoms with Gasteiger partial charge in [0.25, 0.3) is 0 Å². The maximum absolute atomic E-state index is 13.8. The molecule has 1 fully saturated rings. The Morgan fingerprint density at radius 3 is 2.27 bits per heavy atom. The number of methoxy groups -OCH3 is 3. The minimum absolute atomic E-state index is 0.00996. The summed E-state index contributed by atoms with van der Waals surface area (Å²) in [5.41, 5.74) is 0.756. The predicted molar refractivity (Wildman–Crippen MR) is 145 cm³/mol. The van der Waals surface area contributed by atoms with Crippen molar-refractivity contribution in [2.45, 2.75) is 44.2 Å². The Bertz CT molecular complexity index is 1020. The lowest BCUT2D eigenvalue weighted by atomic mass is 9.73. The van der Waals surface area contributed by atoms with Crippen molar-refractivity contribution in [1.82, 2.24) is 5.32 Å². The summed E-state index contributed by atoms with van der Waals surface area (Å²) in [6.07, 6.45) is 2.99. The van der Waals surface area contributed by atoms with Crippen LogP contribution in [-0.4, -0.2) is 62.8 Å². The monoisotopic (exact) mass is 528 g/mol. The van der Waals surface area contributed by atoms with Crippen molar-refractivity contribution in [3.05, 3.63) is 60.2 Å². The number of anilines is 1. The van der Waals surface area contributed by atoms with Crippen LogP contribution in [0.4, 0.5) is 5.69 Å². The lowest BCUT2D eigenvalue weighted by Crippen LogP contribution is -2.53. The number of carbonyl (C=O) groups is 3. The standard InChI is InChI=1S/C28H36N2O6S/c1-34-18-25(31)37-19-28(15-13-23(36-3)14-16-28)27(33)30-24(17-20-7-5-4-6-8-20)26(32)29-21-9-11-22(35-2)12-10-21/h4-12,23-24H,13-19H2,1-3H3,(H,29,32)(H,30,33)/t23-,24-,28+/m0/s1. The predicted octanol–water partition coefficient (Wildman–Crippen LogP) is 3.84. The molecule has 1 aliphatic rings. The molecule has 0 radical (unpaired) electrons. The quantitative estimate of drug-likeness (QED) is 0.431. The molecule has 0 spiro atoms. The first kappa shape index (κ1) is 28.7. The van der Waals surface area contributed by atoms with E-state index in [1.807, 2.05) is 30.3 Å². The number of amides is 2. The first-order valence-electron chi connectivity index (χ1n) is 12.4. The highest BCUT2D eigenvalue weighted by Gasteiger charge is 2.43. The molecule has 1 saturated carbocycles. The van der Waals surface area contributed by atoms with E-state index in [4.69, 9.17) is 14.2 Å². The maximum atomic E-state index is 13.8. The van der Waals surface area contributed by atoms with Crippen molar-refractivity contribution < 1.29 is 28.6 Å². The van der Waals surface area contributed by atoms with Gasteiger partial charge in [-0.25, -0.2) is 0 Å². The van der Waals surface area contributed by atoms with Crippen molar-refractivity contribution in [1.29, 1.82) is 0 Å². The number of carbonyl (C=O) groups excluding carboxylic acids is 3. The molecule has 9 heteroatoms. The third-order valence-corrected chi connectivity index (χ3v) is 7.88. The molecule has 2 aromatic carbocycles. The number of ether oxygens (including phenoxy) is 3. The van der Waals surface area contributed by atoms with E-state index >= 15 is 0 Å². The molecule has 8 nitrogen and oxygen atoms in total. The third-order valence-electron chi connectivity index (χ3n) is 6.74. The van der Waals surface area contributed by atoms with E-state index in [2.05, 4.69) is 10.6 Å². The average Bonchev–Trinajstić information content (AvgIpc) is 2.93. The minimum atomic E-state index is -0.797. The lowest BCUT2D eigenvalue weighted by molar-refractivity contribution is -0.136. The molecule has 1 atom stereocenters. The average molecular weight is 529 g/mol. The summed E-state index contributed by atoms with van der Waals surface area (Å²) >= 11 is 1.11. The molecular weight excluding hydrogens is 492 g/mol. The Hall–Kier alpha value is -2.88. The topological polar surface area (TPSA) is 103 Å². The first-order chi connectivity index (χ1) is 17.9. The Morgan fingerprint density at radius 2 is 1.68 bits per heavy atom. The molecule has 1 aliphatic carbocycles. The van der Waals surface area contributed by atoms with E-state index in [0.717, 1.165) is 17.3 Å². The zero-order valence-electron chi connectivity index (χ0n) is 21.7. The van der Waals surface area contributed by atoms with E-state index < -0.39 is 11.5 Å². The summed E-state index contributed by atoms with van der Waals surface area (Å²) in [7, 11) is 4.73. The van der Waals surface area contributed by atoms with Gasteiger partial charge in [-0.15, -0.1) is 0 Å². The fourth-order valence-electron chi connectivity index (χ4n) is 4.47. The van der Waals surface area contributed by atoms with Gasteiger partial charge in [0.05, 0.1) is 18.6 Å². The van der Waals surface area contributed by atoms with E-state index in [-0.39, 0.29) is 29.6 Å². The van der Waals surface area contributed by atoms with E-state index in [9.17, 15) is 14.4 Å². The number of rotatable bonds is 12. The Kier molecular flexibility index (Phi) is 11.0. The smallest absolute Gasteiger partial charge is 0.247 e. The van der Waals surface area contributed by atoms with Crippen LogP contribution in [-0.2, 0) is 30.3 Å². The van der Waals surface area contributed by atoms with Crippen LogP contribution in [0.5, 0.6) is 5.75 Å². The van der Waals surface area contributed by atoms with Crippen LogP contribution in [0, 0.1) is 5.41 Å². The summed E-state index contributed by atoms with van der Waals surface area (Å²) in [6, 6.07) is 15.8. The summed E-state index contributed by atoms with van der Waals surface area (Å²) in [5.74, 6) is 0.480. The molecule has 0 bridgehead atoms. The number of nitrogens with one attached hydrogen (secondary N) is 2. The Morgan fingerprint density at radius 1 is 1.00 bits per heavy atom. The van der Waals surface area contributed by atoms with Crippen LogP contribution in [0.15, 0.2) is 54.6 Å². The van der Waals surface area contributed by atoms with Gasteiger partial charge < -0.3 is 24.8 Å². The highest BCUT2D eigenvalue weighted by molar-refractivity contribution is 8.13. The normalized spacial score (nSPS) is 20.0. The summed E-state index contributed by atoms with van der Waals surface area (Å²) < 4.78 is 15.7.